The molecule has 0 heterocycles. The molecule has 2 unspecified atom stereocenters. The highest BCUT2D eigenvalue weighted by molar-refractivity contribution is 5.09. The Morgan fingerprint density at radius 3 is 1.09 bits per heavy atom. The van der Waals surface area contributed by atoms with Crippen molar-refractivity contribution in [3.8, 4) is 0 Å². The summed E-state index contributed by atoms with van der Waals surface area (Å²) in [6, 6.07) is 0. The molecule has 0 saturated heterocycles. The Hall–Kier alpha value is -1.05. The molecule has 0 aromatic heterocycles. The van der Waals surface area contributed by atoms with Crippen molar-refractivity contribution in [2.45, 2.75) is 48.6 Å². The monoisotopic (exact) mass is 384 g/mol. The highest BCUT2D eigenvalue weighted by Gasteiger charge is 2.88. The second-order valence-corrected chi connectivity index (χ2v) is 4.02. The first-order valence-electron chi connectivity index (χ1n) is 4.91. The summed E-state index contributed by atoms with van der Waals surface area (Å²) in [6.45, 7) is 0. The molecule has 2 atom stereocenters. The minimum absolute atomic E-state index is 4.77. The highest BCUT2D eigenvalue weighted by atomic mass is 19.4. The van der Waals surface area contributed by atoms with Crippen LogP contribution in [0.25, 0.3) is 0 Å². The molecule has 0 aromatic rings. The van der Waals surface area contributed by atoms with Gasteiger partial charge in [-0.2, -0.15) is 48.3 Å². The summed E-state index contributed by atoms with van der Waals surface area (Å²) in [7, 11) is 0. The molecule has 0 aliphatic rings. The molecule has 0 aliphatic carbocycles. The van der Waals surface area contributed by atoms with E-state index in [0.29, 0.717) is 0 Å². The van der Waals surface area contributed by atoms with Gasteiger partial charge in [-0.3, -0.25) is 0 Å². The predicted molar refractivity (Wildman–Crippen MR) is 41.6 cm³/mol. The van der Waals surface area contributed by atoms with E-state index in [4.69, 9.17) is 0 Å². The van der Waals surface area contributed by atoms with Crippen LogP contribution >= 0.6 is 0 Å². The first-order chi connectivity index (χ1) is 9.76. The van der Waals surface area contributed by atoms with Crippen molar-refractivity contribution in [2.24, 2.45) is 0 Å². The van der Waals surface area contributed by atoms with Gasteiger partial charge in [0.1, 0.15) is 0 Å². The van der Waals surface area contributed by atoms with Crippen LogP contribution in [0.2, 0.25) is 0 Å². The van der Waals surface area contributed by atoms with Crippen molar-refractivity contribution in [2.75, 3.05) is 0 Å². The maximum atomic E-state index is 12.7. The zero-order valence-corrected chi connectivity index (χ0v) is 9.90. The van der Waals surface area contributed by atoms with Crippen molar-refractivity contribution < 1.29 is 65.9 Å². The third kappa shape index (κ3) is 3.14. The number of rotatable bonds is 6. The third-order valence-electron chi connectivity index (χ3n) is 2.43. The van der Waals surface area contributed by atoms with Crippen LogP contribution in [-0.2, 0) is 0 Å². The standard InChI is InChI=1S/C8H3F15/c9-1(3(11)12)2(10)4(13,14)5(15,16)6(17,18)7(19,20)8(21,22)23/h1-3H. The Bertz CT molecular complexity index is 406. The molecule has 0 nitrogen and oxygen atoms in total. The van der Waals surface area contributed by atoms with E-state index >= 15 is 0 Å². The molecule has 0 N–H and O–H groups in total. The summed E-state index contributed by atoms with van der Waals surface area (Å²) in [5, 5.41) is 0. The Labute approximate surface area is 116 Å². The fraction of sp³-hybridized carbons (Fsp3) is 1.00. The van der Waals surface area contributed by atoms with Gasteiger partial charge in [-0.05, 0) is 0 Å². The lowest BCUT2D eigenvalue weighted by Gasteiger charge is -2.38. The molecule has 0 aromatic carbocycles. The minimum Gasteiger partial charge on any atom is -0.238 e. The van der Waals surface area contributed by atoms with Crippen LogP contribution in [0.15, 0.2) is 0 Å². The molecule has 0 amide bonds. The summed E-state index contributed by atoms with van der Waals surface area (Å²) in [5.74, 6) is -31.0. The van der Waals surface area contributed by atoms with E-state index in [1.807, 2.05) is 0 Å². The second-order valence-electron chi connectivity index (χ2n) is 4.02. The zero-order chi connectivity index (χ0) is 19.2. The van der Waals surface area contributed by atoms with Gasteiger partial charge in [0.25, 0.3) is 6.43 Å². The Morgan fingerprint density at radius 1 is 0.478 bits per heavy atom. The molecular formula is C8H3F15. The molecule has 0 spiro atoms. The van der Waals surface area contributed by atoms with Crippen molar-refractivity contribution in [3.05, 3.63) is 0 Å². The van der Waals surface area contributed by atoms with Gasteiger partial charge in [0.15, 0.2) is 6.17 Å². The number of hydrogen-bond acceptors (Lipinski definition) is 0. The van der Waals surface area contributed by atoms with Gasteiger partial charge in [0.05, 0.1) is 0 Å². The zero-order valence-electron chi connectivity index (χ0n) is 9.90. The molecule has 0 rings (SSSR count). The van der Waals surface area contributed by atoms with Crippen molar-refractivity contribution in [3.63, 3.8) is 0 Å². The van der Waals surface area contributed by atoms with Gasteiger partial charge in [0, 0.05) is 0 Å². The Balaban J connectivity index is 6.04. The molecule has 15 heteroatoms. The first-order valence-corrected chi connectivity index (χ1v) is 4.91. The lowest BCUT2D eigenvalue weighted by atomic mass is 9.93. The van der Waals surface area contributed by atoms with Crippen molar-refractivity contribution in [1.29, 1.82) is 0 Å². The van der Waals surface area contributed by atoms with Gasteiger partial charge in [0.2, 0.25) is 6.17 Å². The van der Waals surface area contributed by atoms with Crippen LogP contribution in [0.3, 0.4) is 0 Å². The summed E-state index contributed by atoms with van der Waals surface area (Å²) in [6.07, 6.45) is -22.6. The van der Waals surface area contributed by atoms with E-state index in [9.17, 15) is 65.9 Å². The van der Waals surface area contributed by atoms with Crippen molar-refractivity contribution >= 4 is 0 Å². The average Bonchev–Trinajstić information content (AvgIpc) is 2.34. The maximum absolute atomic E-state index is 12.7. The number of hydrogen-bond donors (Lipinski definition) is 0. The van der Waals surface area contributed by atoms with Crippen LogP contribution in [0.4, 0.5) is 65.9 Å². The number of alkyl halides is 15. The first kappa shape index (κ1) is 21.9. The lowest BCUT2D eigenvalue weighted by molar-refractivity contribution is -0.428. The van der Waals surface area contributed by atoms with E-state index in [0.717, 1.165) is 0 Å². The molecule has 140 valence electrons. The molecule has 0 aliphatic heterocycles. The molecule has 0 radical (unpaired) electrons. The van der Waals surface area contributed by atoms with Crippen molar-refractivity contribution in [1.82, 2.24) is 0 Å². The van der Waals surface area contributed by atoms with E-state index < -0.39 is 48.6 Å². The highest BCUT2D eigenvalue weighted by Crippen LogP contribution is 2.58. The quantitative estimate of drug-likeness (QED) is 0.564. The molecular weight excluding hydrogens is 381 g/mol. The van der Waals surface area contributed by atoms with Crippen LogP contribution < -0.4 is 0 Å². The number of halogens is 15. The van der Waals surface area contributed by atoms with Gasteiger partial charge < -0.3 is 0 Å². The molecule has 0 bridgehead atoms. The van der Waals surface area contributed by atoms with Gasteiger partial charge in [-0.1, -0.05) is 0 Å². The third-order valence-corrected chi connectivity index (χ3v) is 2.43. The maximum Gasteiger partial charge on any atom is 0.460 e. The fourth-order valence-electron chi connectivity index (χ4n) is 1.09. The van der Waals surface area contributed by atoms with Crippen LogP contribution in [-0.4, -0.2) is 48.6 Å². The van der Waals surface area contributed by atoms with E-state index in [2.05, 4.69) is 0 Å². The Morgan fingerprint density at radius 2 is 0.826 bits per heavy atom. The van der Waals surface area contributed by atoms with E-state index in [1.54, 1.807) is 0 Å². The summed E-state index contributed by atoms with van der Waals surface area (Å²) in [5.41, 5.74) is 0. The van der Waals surface area contributed by atoms with Gasteiger partial charge in [-0.15, -0.1) is 0 Å². The fourth-order valence-corrected chi connectivity index (χ4v) is 1.09. The Kier molecular flexibility index (Phi) is 5.53. The van der Waals surface area contributed by atoms with Gasteiger partial charge >= 0.3 is 29.9 Å². The molecule has 0 fully saturated rings. The summed E-state index contributed by atoms with van der Waals surface area (Å²) < 4.78 is 184. The van der Waals surface area contributed by atoms with Crippen LogP contribution in [0.1, 0.15) is 0 Å². The van der Waals surface area contributed by atoms with Crippen LogP contribution in [0.5, 0.6) is 0 Å². The summed E-state index contributed by atoms with van der Waals surface area (Å²) >= 11 is 0. The molecule has 0 saturated carbocycles. The smallest absolute Gasteiger partial charge is 0.238 e. The normalized spacial score (nSPS) is 18.3. The lowest BCUT2D eigenvalue weighted by Crippen LogP contribution is -2.69. The SMILES string of the molecule is FC(F)C(F)C(F)C(F)(F)C(F)(F)C(F)(F)C(F)(F)C(F)(F)F. The van der Waals surface area contributed by atoms with Gasteiger partial charge in [-0.25, -0.2) is 17.6 Å². The van der Waals surface area contributed by atoms with E-state index in [1.165, 1.54) is 0 Å². The average molecular weight is 384 g/mol. The minimum atomic E-state index is -7.98. The summed E-state index contributed by atoms with van der Waals surface area (Å²) in [4.78, 5) is 0. The predicted octanol–water partition coefficient (Wildman–Crippen LogP) is 5.03. The second kappa shape index (κ2) is 5.79. The van der Waals surface area contributed by atoms with Crippen LogP contribution in [0, 0.1) is 0 Å². The molecule has 23 heavy (non-hydrogen) atoms. The van der Waals surface area contributed by atoms with E-state index in [-0.39, 0.29) is 0 Å². The topological polar surface area (TPSA) is 0 Å². The largest absolute Gasteiger partial charge is 0.460 e.